The van der Waals surface area contributed by atoms with E-state index in [-0.39, 0.29) is 6.61 Å². The number of nitrogens with zero attached hydrogens (tertiary/aromatic N) is 1. The number of fused-ring (bicyclic) bond motifs is 2. The fraction of sp³-hybridized carbons (Fsp3) is 0.214. The Hall–Kier alpha value is -1.43. The summed E-state index contributed by atoms with van der Waals surface area (Å²) >= 11 is 3.23. The number of aliphatic hydroxyl groups is 1. The van der Waals surface area contributed by atoms with Gasteiger partial charge in [0.15, 0.2) is 6.29 Å². The van der Waals surface area contributed by atoms with E-state index < -0.39 is 0 Å². The van der Waals surface area contributed by atoms with Gasteiger partial charge in [0.25, 0.3) is 0 Å². The molecule has 1 aromatic carbocycles. The molecule has 0 aliphatic carbocycles. The summed E-state index contributed by atoms with van der Waals surface area (Å²) in [5, 5.41) is 12.4. The van der Waals surface area contributed by atoms with Crippen molar-refractivity contribution in [2.24, 2.45) is 0 Å². The quantitative estimate of drug-likeness (QED) is 0.749. The normalized spacial score (nSPS) is 11.3. The highest BCUT2D eigenvalue weighted by Gasteiger charge is 2.09. The zero-order chi connectivity index (χ0) is 13.4. The van der Waals surface area contributed by atoms with Gasteiger partial charge in [-0.1, -0.05) is 0 Å². The monoisotopic (exact) mass is 291 g/mol. The van der Waals surface area contributed by atoms with Crippen LogP contribution in [0.4, 0.5) is 5.00 Å². The van der Waals surface area contributed by atoms with Gasteiger partial charge in [-0.15, -0.1) is 22.7 Å². The molecule has 2 heterocycles. The van der Waals surface area contributed by atoms with E-state index in [4.69, 9.17) is 5.11 Å². The summed E-state index contributed by atoms with van der Waals surface area (Å²) in [5.41, 5.74) is 0. The molecule has 2 aromatic heterocycles. The van der Waals surface area contributed by atoms with E-state index in [0.717, 1.165) is 26.3 Å². The third-order valence-electron chi connectivity index (χ3n) is 3.09. The number of hydrogen-bond donors (Lipinski definition) is 1. The lowest BCUT2D eigenvalue weighted by molar-refractivity contribution is 0.112. The summed E-state index contributed by atoms with van der Waals surface area (Å²) in [5.74, 6) is 0. The van der Waals surface area contributed by atoms with Crippen LogP contribution in [0.25, 0.3) is 20.2 Å². The number of benzene rings is 1. The molecule has 3 rings (SSSR count). The molecule has 0 aliphatic rings. The molecule has 0 aliphatic heterocycles. The van der Waals surface area contributed by atoms with Crippen molar-refractivity contribution in [2.75, 3.05) is 25.1 Å². The Balaban J connectivity index is 2.10. The lowest BCUT2D eigenvalue weighted by Gasteiger charge is -2.14. The van der Waals surface area contributed by atoms with E-state index in [1.807, 2.05) is 13.1 Å². The Morgan fingerprint density at radius 2 is 1.84 bits per heavy atom. The molecule has 3 aromatic rings. The highest BCUT2D eigenvalue weighted by atomic mass is 32.1. The maximum Gasteiger partial charge on any atom is 0.160 e. The first-order chi connectivity index (χ1) is 9.21. The lowest BCUT2D eigenvalue weighted by atomic mass is 10.2. The highest BCUT2D eigenvalue weighted by molar-refractivity contribution is 7.23. The molecule has 0 fully saturated rings. The number of aliphatic hydroxyl groups excluding tert-OH is 1. The van der Waals surface area contributed by atoms with E-state index in [0.29, 0.717) is 6.54 Å². The number of anilines is 1. The zero-order valence-electron chi connectivity index (χ0n) is 10.4. The molecule has 3 nitrogen and oxygen atoms in total. The molecule has 19 heavy (non-hydrogen) atoms. The summed E-state index contributed by atoms with van der Waals surface area (Å²) in [6.07, 6.45) is 0.902. The van der Waals surface area contributed by atoms with Crippen LogP contribution in [0, 0.1) is 0 Å². The zero-order valence-corrected chi connectivity index (χ0v) is 12.1. The molecule has 1 N–H and O–H groups in total. The maximum atomic E-state index is 10.8. The lowest BCUT2D eigenvalue weighted by Crippen LogP contribution is -2.19. The van der Waals surface area contributed by atoms with Crippen LogP contribution in [0.15, 0.2) is 24.3 Å². The van der Waals surface area contributed by atoms with E-state index in [1.165, 1.54) is 21.4 Å². The Bertz CT molecular complexity index is 693. The van der Waals surface area contributed by atoms with E-state index >= 15 is 0 Å². The van der Waals surface area contributed by atoms with E-state index in [9.17, 15) is 4.79 Å². The van der Waals surface area contributed by atoms with E-state index in [1.54, 1.807) is 11.3 Å². The van der Waals surface area contributed by atoms with Crippen LogP contribution in [0.3, 0.4) is 0 Å². The molecule has 0 bridgehead atoms. The van der Waals surface area contributed by atoms with Crippen molar-refractivity contribution in [1.82, 2.24) is 0 Å². The minimum Gasteiger partial charge on any atom is -0.395 e. The fourth-order valence-electron chi connectivity index (χ4n) is 2.08. The van der Waals surface area contributed by atoms with Crippen molar-refractivity contribution in [3.05, 3.63) is 29.1 Å². The van der Waals surface area contributed by atoms with Gasteiger partial charge in [0.2, 0.25) is 0 Å². The topological polar surface area (TPSA) is 40.5 Å². The van der Waals surface area contributed by atoms with E-state index in [2.05, 4.69) is 23.1 Å². The average Bonchev–Trinajstić information content (AvgIpc) is 2.97. The molecule has 0 saturated carbocycles. The van der Waals surface area contributed by atoms with Crippen molar-refractivity contribution < 1.29 is 9.90 Å². The minimum absolute atomic E-state index is 0.155. The van der Waals surface area contributed by atoms with Gasteiger partial charge in [0.05, 0.1) is 16.5 Å². The van der Waals surface area contributed by atoms with Crippen molar-refractivity contribution in [3.8, 4) is 0 Å². The summed E-state index contributed by atoms with van der Waals surface area (Å²) in [6.45, 7) is 0.791. The van der Waals surface area contributed by atoms with Gasteiger partial charge in [0, 0.05) is 23.0 Å². The van der Waals surface area contributed by atoms with Crippen molar-refractivity contribution in [2.45, 2.75) is 0 Å². The number of rotatable bonds is 4. The number of thiophene rings is 2. The van der Waals surface area contributed by atoms with Gasteiger partial charge in [-0.25, -0.2) is 0 Å². The van der Waals surface area contributed by atoms with Gasteiger partial charge in [-0.3, -0.25) is 4.79 Å². The van der Waals surface area contributed by atoms with Crippen LogP contribution in [0.1, 0.15) is 9.67 Å². The van der Waals surface area contributed by atoms with Crippen LogP contribution in [0.5, 0.6) is 0 Å². The molecule has 0 unspecified atom stereocenters. The van der Waals surface area contributed by atoms with Crippen molar-refractivity contribution in [1.29, 1.82) is 0 Å². The van der Waals surface area contributed by atoms with Crippen LogP contribution in [-0.2, 0) is 0 Å². The summed E-state index contributed by atoms with van der Waals surface area (Å²) in [6, 6.07) is 8.34. The highest BCUT2D eigenvalue weighted by Crippen LogP contribution is 2.36. The molecule has 0 spiro atoms. The molecule has 0 radical (unpaired) electrons. The van der Waals surface area contributed by atoms with Gasteiger partial charge in [0.1, 0.15) is 0 Å². The van der Waals surface area contributed by atoms with Gasteiger partial charge in [-0.05, 0) is 35.0 Å². The SMILES string of the molecule is CN(CCO)c1cc2cc3sc(C=O)cc3cc2s1. The molecule has 0 amide bonds. The number of aldehydes is 1. The first-order valence-corrected chi connectivity index (χ1v) is 7.59. The summed E-state index contributed by atoms with van der Waals surface area (Å²) < 4.78 is 2.35. The first-order valence-electron chi connectivity index (χ1n) is 5.95. The Labute approximate surface area is 118 Å². The van der Waals surface area contributed by atoms with Crippen LogP contribution >= 0.6 is 22.7 Å². The van der Waals surface area contributed by atoms with Crippen LogP contribution in [-0.4, -0.2) is 31.6 Å². The molecule has 5 heteroatoms. The Morgan fingerprint density at radius 1 is 1.16 bits per heavy atom. The van der Waals surface area contributed by atoms with Gasteiger partial charge < -0.3 is 10.0 Å². The van der Waals surface area contributed by atoms with Gasteiger partial charge in [-0.2, -0.15) is 0 Å². The third-order valence-corrected chi connectivity index (χ3v) is 5.32. The molecule has 98 valence electrons. The average molecular weight is 291 g/mol. The van der Waals surface area contributed by atoms with Crippen LogP contribution < -0.4 is 4.90 Å². The van der Waals surface area contributed by atoms with Crippen molar-refractivity contribution in [3.63, 3.8) is 0 Å². The first kappa shape index (κ1) is 12.6. The van der Waals surface area contributed by atoms with Gasteiger partial charge >= 0.3 is 0 Å². The maximum absolute atomic E-state index is 10.8. The second-order valence-electron chi connectivity index (χ2n) is 4.42. The number of hydrogen-bond acceptors (Lipinski definition) is 5. The summed E-state index contributed by atoms with van der Waals surface area (Å²) in [4.78, 5) is 13.6. The fourth-order valence-corrected chi connectivity index (χ4v) is 4.07. The molecular weight excluding hydrogens is 278 g/mol. The number of carbonyl (C=O) groups excluding carboxylic acids is 1. The Kier molecular flexibility index (Phi) is 3.26. The predicted molar refractivity (Wildman–Crippen MR) is 83.0 cm³/mol. The third kappa shape index (κ3) is 2.25. The smallest absolute Gasteiger partial charge is 0.160 e. The Morgan fingerprint density at radius 3 is 2.53 bits per heavy atom. The number of carbonyl (C=O) groups is 1. The largest absolute Gasteiger partial charge is 0.395 e. The molecular formula is C14H13NO2S2. The molecule has 0 saturated heterocycles. The number of likely N-dealkylation sites (N-methyl/N-ethyl adjacent to an activating group) is 1. The second kappa shape index (κ2) is 4.92. The molecule has 0 atom stereocenters. The van der Waals surface area contributed by atoms with Crippen LogP contribution in [0.2, 0.25) is 0 Å². The summed E-state index contributed by atoms with van der Waals surface area (Å²) in [7, 11) is 1.98. The second-order valence-corrected chi connectivity index (χ2v) is 6.60. The predicted octanol–water partition coefficient (Wildman–Crippen LogP) is 3.36. The standard InChI is InChI=1S/C14H13NO2S2/c1-15(2-3-16)14-7-10-6-12-9(5-13(10)19-14)4-11(8-17)18-12/h4-8,16H,2-3H2,1H3. The van der Waals surface area contributed by atoms with Crippen molar-refractivity contribution >= 4 is 54.1 Å². The minimum atomic E-state index is 0.155.